The van der Waals surface area contributed by atoms with Crippen molar-refractivity contribution in [2.75, 3.05) is 6.61 Å². The minimum Gasteiger partial charge on any atom is -0.494 e. The van der Waals surface area contributed by atoms with Crippen molar-refractivity contribution >= 4 is 5.97 Å². The van der Waals surface area contributed by atoms with Crippen molar-refractivity contribution in [1.29, 1.82) is 5.26 Å². The highest BCUT2D eigenvalue weighted by Crippen LogP contribution is 2.33. The number of nitrogens with zero attached hydrogens (tertiary/aromatic N) is 1. The average molecular weight is 410 g/mol. The van der Waals surface area contributed by atoms with Gasteiger partial charge in [-0.15, -0.1) is 0 Å². The van der Waals surface area contributed by atoms with Crippen molar-refractivity contribution in [1.82, 2.24) is 0 Å². The second-order valence-electron chi connectivity index (χ2n) is 7.96. The van der Waals surface area contributed by atoms with Crippen LogP contribution in [0.3, 0.4) is 0 Å². The molecule has 0 atom stereocenters. The van der Waals surface area contributed by atoms with Crippen LogP contribution in [0, 0.1) is 29.0 Å². The van der Waals surface area contributed by atoms with Crippen LogP contribution in [-0.2, 0) is 0 Å². The topological polar surface area (TPSA) is 59.3 Å². The Morgan fingerprint density at radius 3 is 2.43 bits per heavy atom. The smallest absolute Gasteiger partial charge is 0.343 e. The summed E-state index contributed by atoms with van der Waals surface area (Å²) in [5.41, 5.74) is 0.473. The van der Waals surface area contributed by atoms with Crippen LogP contribution in [-0.4, -0.2) is 12.6 Å². The third kappa shape index (κ3) is 6.06. The summed E-state index contributed by atoms with van der Waals surface area (Å²) in [6.45, 7) is 2.95. The molecule has 0 unspecified atom stereocenters. The Bertz CT molecular complexity index is 880. The van der Waals surface area contributed by atoms with Crippen LogP contribution < -0.4 is 9.47 Å². The molecule has 0 N–H and O–H groups in total. The summed E-state index contributed by atoms with van der Waals surface area (Å²) in [5.74, 6) is 0.851. The second kappa shape index (κ2) is 10.8. The Hall–Kier alpha value is -2.87. The number of carbonyl (C=O) groups is 1. The number of ether oxygens (including phenoxy) is 2. The predicted octanol–water partition coefficient (Wildman–Crippen LogP) is 6.29. The van der Waals surface area contributed by atoms with E-state index in [4.69, 9.17) is 14.7 Å². The molecular formula is C25H28FNO3. The zero-order valence-corrected chi connectivity index (χ0v) is 17.4. The Balaban J connectivity index is 1.42. The third-order valence-corrected chi connectivity index (χ3v) is 5.92. The summed E-state index contributed by atoms with van der Waals surface area (Å²) in [6, 6.07) is 12.2. The van der Waals surface area contributed by atoms with Crippen molar-refractivity contribution in [3.63, 3.8) is 0 Å². The number of halogens is 1. The fourth-order valence-electron chi connectivity index (χ4n) is 3.99. The zero-order valence-electron chi connectivity index (χ0n) is 17.4. The molecule has 1 saturated carbocycles. The van der Waals surface area contributed by atoms with Crippen LogP contribution in [0.25, 0.3) is 0 Å². The summed E-state index contributed by atoms with van der Waals surface area (Å²) in [7, 11) is 0. The van der Waals surface area contributed by atoms with Crippen molar-refractivity contribution in [3.8, 4) is 17.6 Å². The Labute approximate surface area is 177 Å². The molecule has 0 bridgehead atoms. The molecule has 0 amide bonds. The lowest BCUT2D eigenvalue weighted by Gasteiger charge is -2.27. The van der Waals surface area contributed by atoms with Gasteiger partial charge in [0, 0.05) is 0 Å². The number of hydrogen-bond acceptors (Lipinski definition) is 4. The number of nitriles is 1. The highest BCUT2D eigenvalue weighted by atomic mass is 19.1. The van der Waals surface area contributed by atoms with Crippen molar-refractivity contribution in [2.24, 2.45) is 11.8 Å². The Kier molecular flexibility index (Phi) is 7.84. The van der Waals surface area contributed by atoms with Gasteiger partial charge >= 0.3 is 5.97 Å². The Morgan fingerprint density at radius 1 is 1.10 bits per heavy atom. The second-order valence-corrected chi connectivity index (χ2v) is 7.96. The number of benzene rings is 2. The molecule has 2 aromatic carbocycles. The fraction of sp³-hybridized carbons (Fsp3) is 0.440. The minimum atomic E-state index is -0.745. The zero-order chi connectivity index (χ0) is 21.3. The van der Waals surface area contributed by atoms with E-state index in [2.05, 4.69) is 6.92 Å². The van der Waals surface area contributed by atoms with Gasteiger partial charge in [-0.05, 0) is 67.1 Å². The normalized spacial score (nSPS) is 18.4. The number of carbonyl (C=O) groups excluding carboxylic acids is 1. The van der Waals surface area contributed by atoms with E-state index in [0.717, 1.165) is 24.3 Å². The molecular weight excluding hydrogens is 381 g/mol. The van der Waals surface area contributed by atoms with Crippen LogP contribution in [0.1, 0.15) is 67.8 Å². The van der Waals surface area contributed by atoms with E-state index < -0.39 is 11.8 Å². The van der Waals surface area contributed by atoms with Gasteiger partial charge in [0.1, 0.15) is 5.75 Å². The molecule has 0 aromatic heterocycles. The first-order valence-electron chi connectivity index (χ1n) is 10.7. The van der Waals surface area contributed by atoms with Gasteiger partial charge in [-0.2, -0.15) is 5.26 Å². The van der Waals surface area contributed by atoms with Crippen LogP contribution in [0.4, 0.5) is 4.39 Å². The monoisotopic (exact) mass is 409 g/mol. The van der Waals surface area contributed by atoms with E-state index >= 15 is 0 Å². The lowest BCUT2D eigenvalue weighted by atomic mass is 9.79. The average Bonchev–Trinajstić information content (AvgIpc) is 2.78. The van der Waals surface area contributed by atoms with E-state index in [-0.39, 0.29) is 11.3 Å². The summed E-state index contributed by atoms with van der Waals surface area (Å²) < 4.78 is 24.8. The minimum absolute atomic E-state index is 0.169. The summed E-state index contributed by atoms with van der Waals surface area (Å²) >= 11 is 0. The first kappa shape index (κ1) is 21.8. The number of rotatable bonds is 8. The molecule has 4 nitrogen and oxygen atoms in total. The molecule has 30 heavy (non-hydrogen) atoms. The van der Waals surface area contributed by atoms with Crippen molar-refractivity contribution in [3.05, 3.63) is 59.4 Å². The van der Waals surface area contributed by atoms with Crippen LogP contribution in [0.15, 0.2) is 42.5 Å². The van der Waals surface area contributed by atoms with E-state index in [1.54, 1.807) is 24.3 Å². The highest BCUT2D eigenvalue weighted by molar-refractivity contribution is 5.91. The molecule has 5 heteroatoms. The van der Waals surface area contributed by atoms with Gasteiger partial charge < -0.3 is 9.47 Å². The summed E-state index contributed by atoms with van der Waals surface area (Å²) in [6.07, 6.45) is 8.96. The summed E-state index contributed by atoms with van der Waals surface area (Å²) in [5, 5.41) is 8.77. The molecule has 0 heterocycles. The maximum Gasteiger partial charge on any atom is 0.343 e. The molecule has 0 radical (unpaired) electrons. The quantitative estimate of drug-likeness (QED) is 0.292. The maximum absolute atomic E-state index is 13.9. The molecule has 158 valence electrons. The van der Waals surface area contributed by atoms with Gasteiger partial charge in [0.2, 0.25) is 0 Å². The lowest BCUT2D eigenvalue weighted by Crippen LogP contribution is -2.14. The van der Waals surface area contributed by atoms with E-state index in [1.165, 1.54) is 50.7 Å². The highest BCUT2D eigenvalue weighted by Gasteiger charge is 2.19. The van der Waals surface area contributed by atoms with Crippen LogP contribution >= 0.6 is 0 Å². The molecule has 1 aliphatic carbocycles. The molecule has 0 saturated heterocycles. The maximum atomic E-state index is 13.9. The molecule has 0 spiro atoms. The van der Waals surface area contributed by atoms with Gasteiger partial charge in [-0.3, -0.25) is 0 Å². The molecule has 1 aliphatic rings. The van der Waals surface area contributed by atoms with E-state index in [9.17, 15) is 9.18 Å². The van der Waals surface area contributed by atoms with Gasteiger partial charge in [-0.25, -0.2) is 9.18 Å². The van der Waals surface area contributed by atoms with Gasteiger partial charge in [0.15, 0.2) is 11.6 Å². The fourth-order valence-corrected chi connectivity index (χ4v) is 3.99. The predicted molar refractivity (Wildman–Crippen MR) is 113 cm³/mol. The SMILES string of the molecule is CCC1CCC(CCCOc2ccc(C(=O)Oc3ccc(C#N)cc3F)cc2)CC1. The largest absolute Gasteiger partial charge is 0.494 e. The number of esters is 1. The van der Waals surface area contributed by atoms with Crippen molar-refractivity contribution < 1.29 is 18.7 Å². The van der Waals surface area contributed by atoms with E-state index in [0.29, 0.717) is 17.9 Å². The lowest BCUT2D eigenvalue weighted by molar-refractivity contribution is 0.0728. The molecule has 2 aromatic rings. The summed E-state index contributed by atoms with van der Waals surface area (Å²) in [4.78, 5) is 12.2. The Morgan fingerprint density at radius 2 is 1.80 bits per heavy atom. The molecule has 1 fully saturated rings. The van der Waals surface area contributed by atoms with Gasteiger partial charge in [-0.1, -0.05) is 39.0 Å². The van der Waals surface area contributed by atoms with Crippen molar-refractivity contribution in [2.45, 2.75) is 51.9 Å². The first-order valence-corrected chi connectivity index (χ1v) is 10.7. The number of hydrogen-bond donors (Lipinski definition) is 0. The standard InChI is InChI=1S/C25H28FNO3/c1-2-18-5-7-19(8-6-18)4-3-15-29-22-12-10-21(11-13-22)25(28)30-24-14-9-20(17-27)16-23(24)26/h9-14,16,18-19H,2-8,15H2,1H3. The van der Waals surface area contributed by atoms with Crippen LogP contribution in [0.2, 0.25) is 0 Å². The van der Waals surface area contributed by atoms with Gasteiger partial charge in [0.05, 0.1) is 23.8 Å². The third-order valence-electron chi connectivity index (χ3n) is 5.92. The molecule has 3 rings (SSSR count). The van der Waals surface area contributed by atoms with E-state index in [1.807, 2.05) is 6.07 Å². The van der Waals surface area contributed by atoms with Gasteiger partial charge in [0.25, 0.3) is 0 Å². The first-order chi connectivity index (χ1) is 14.6. The molecule has 0 aliphatic heterocycles. The van der Waals surface area contributed by atoms with Crippen LogP contribution in [0.5, 0.6) is 11.5 Å².